The number of hydrogen-bond donors (Lipinski definition) is 1. The number of halogens is 1. The summed E-state index contributed by atoms with van der Waals surface area (Å²) < 4.78 is 16.7. The molecule has 0 unspecified atom stereocenters. The smallest absolute Gasteiger partial charge is 0.341 e. The Morgan fingerprint density at radius 3 is 2.17 bits per heavy atom. The Morgan fingerprint density at radius 2 is 1.57 bits per heavy atom. The molecule has 1 amide bonds. The van der Waals surface area contributed by atoms with Crippen LogP contribution in [0.2, 0.25) is 0 Å². The Morgan fingerprint density at radius 1 is 0.943 bits per heavy atom. The first-order valence-corrected chi connectivity index (χ1v) is 13.0. The van der Waals surface area contributed by atoms with Crippen LogP contribution >= 0.6 is 0 Å². The number of unbranched alkanes of at least 4 members (excludes halogenated alkanes) is 7. The van der Waals surface area contributed by atoms with Gasteiger partial charge in [0.15, 0.2) is 0 Å². The molecule has 0 saturated carbocycles. The minimum absolute atomic E-state index is 0.0622. The molecule has 7 nitrogen and oxygen atoms in total. The summed E-state index contributed by atoms with van der Waals surface area (Å²) in [4.78, 5) is 40.3. The first-order valence-electron chi connectivity index (χ1n) is 13.0. The summed E-state index contributed by atoms with van der Waals surface area (Å²) in [6.45, 7) is 6.59. The number of benzene rings is 1. The minimum Gasteiger partial charge on any atom is -0.477 e. The number of carbonyl (C=O) groups excluding carboxylic acids is 1. The van der Waals surface area contributed by atoms with E-state index >= 15 is 4.39 Å². The number of anilines is 1. The van der Waals surface area contributed by atoms with Crippen molar-refractivity contribution in [3.05, 3.63) is 39.9 Å². The summed E-state index contributed by atoms with van der Waals surface area (Å²) in [5.41, 5.74) is -0.168. The number of pyridine rings is 1. The van der Waals surface area contributed by atoms with Crippen LogP contribution in [0.4, 0.5) is 10.1 Å². The molecule has 192 valence electrons. The van der Waals surface area contributed by atoms with Crippen molar-refractivity contribution in [2.75, 3.05) is 31.1 Å². The lowest BCUT2D eigenvalue weighted by Crippen LogP contribution is -2.49. The lowest BCUT2D eigenvalue weighted by molar-refractivity contribution is -0.131. The molecule has 1 saturated heterocycles. The molecule has 3 rings (SSSR count). The summed E-state index contributed by atoms with van der Waals surface area (Å²) >= 11 is 0. The molecule has 1 fully saturated rings. The monoisotopic (exact) mass is 487 g/mol. The van der Waals surface area contributed by atoms with Crippen LogP contribution in [0, 0.1) is 5.82 Å². The van der Waals surface area contributed by atoms with E-state index in [4.69, 9.17) is 0 Å². The number of nitrogens with zero attached hydrogens (tertiary/aromatic N) is 3. The van der Waals surface area contributed by atoms with E-state index in [1.165, 1.54) is 44.7 Å². The topological polar surface area (TPSA) is 82.8 Å². The molecule has 1 aliphatic heterocycles. The number of aromatic nitrogens is 1. The minimum atomic E-state index is -1.32. The number of carboxylic acid groups (broad SMARTS) is 1. The number of aromatic carboxylic acids is 1. The SMILES string of the molecule is CCCCCCCCCCC(=O)N1CCN(c2cc3c(cc2F)c(=O)c(C(=O)O)cn3CC)CC1. The fourth-order valence-corrected chi connectivity index (χ4v) is 4.82. The zero-order valence-corrected chi connectivity index (χ0v) is 21.0. The van der Waals surface area contributed by atoms with Crippen LogP contribution in [0.5, 0.6) is 0 Å². The van der Waals surface area contributed by atoms with Crippen LogP contribution in [0.15, 0.2) is 23.1 Å². The highest BCUT2D eigenvalue weighted by Gasteiger charge is 2.24. The summed E-state index contributed by atoms with van der Waals surface area (Å²) in [5.74, 6) is -1.72. The van der Waals surface area contributed by atoms with Crippen LogP contribution in [0.3, 0.4) is 0 Å². The molecule has 2 heterocycles. The van der Waals surface area contributed by atoms with Crippen molar-refractivity contribution in [3.63, 3.8) is 0 Å². The first-order chi connectivity index (χ1) is 16.9. The molecule has 0 radical (unpaired) electrons. The van der Waals surface area contributed by atoms with Gasteiger partial charge in [0.25, 0.3) is 0 Å². The van der Waals surface area contributed by atoms with E-state index in [1.807, 2.05) is 16.7 Å². The lowest BCUT2D eigenvalue weighted by Gasteiger charge is -2.36. The average Bonchev–Trinajstić information content (AvgIpc) is 2.85. The van der Waals surface area contributed by atoms with E-state index in [-0.39, 0.29) is 16.9 Å². The lowest BCUT2D eigenvalue weighted by atomic mass is 10.1. The number of hydrogen-bond acceptors (Lipinski definition) is 4. The van der Waals surface area contributed by atoms with E-state index in [9.17, 15) is 19.5 Å². The maximum absolute atomic E-state index is 15.0. The number of carbonyl (C=O) groups is 2. The molecule has 35 heavy (non-hydrogen) atoms. The number of carboxylic acids is 1. The third-order valence-electron chi connectivity index (χ3n) is 6.94. The fourth-order valence-electron chi connectivity index (χ4n) is 4.82. The molecule has 1 aromatic carbocycles. The Labute approximate surface area is 206 Å². The van der Waals surface area contributed by atoms with Gasteiger partial charge in [-0.1, -0.05) is 51.9 Å². The zero-order chi connectivity index (χ0) is 25.4. The number of fused-ring (bicyclic) bond motifs is 1. The number of rotatable bonds is 12. The van der Waals surface area contributed by atoms with E-state index in [2.05, 4.69) is 6.92 Å². The van der Waals surface area contributed by atoms with Crippen molar-refractivity contribution in [1.82, 2.24) is 9.47 Å². The number of piperazine rings is 1. The quantitative estimate of drug-likeness (QED) is 0.424. The van der Waals surface area contributed by atoms with E-state index in [1.54, 1.807) is 10.6 Å². The summed E-state index contributed by atoms with van der Waals surface area (Å²) in [6.07, 6.45) is 11.4. The molecule has 0 spiro atoms. The van der Waals surface area contributed by atoms with Gasteiger partial charge in [-0.05, 0) is 25.5 Å². The van der Waals surface area contributed by atoms with Crippen LogP contribution < -0.4 is 10.3 Å². The van der Waals surface area contributed by atoms with E-state index < -0.39 is 17.2 Å². The van der Waals surface area contributed by atoms with Crippen molar-refractivity contribution < 1.29 is 19.1 Å². The van der Waals surface area contributed by atoms with Crippen molar-refractivity contribution in [1.29, 1.82) is 0 Å². The molecule has 1 aromatic heterocycles. The van der Waals surface area contributed by atoms with Gasteiger partial charge in [0.2, 0.25) is 11.3 Å². The zero-order valence-electron chi connectivity index (χ0n) is 21.0. The van der Waals surface area contributed by atoms with Crippen LogP contribution in [0.1, 0.15) is 82.0 Å². The molecule has 8 heteroatoms. The van der Waals surface area contributed by atoms with Gasteiger partial charge >= 0.3 is 5.97 Å². The number of amides is 1. The molecule has 1 N–H and O–H groups in total. The second kappa shape index (κ2) is 12.7. The summed E-state index contributed by atoms with van der Waals surface area (Å²) in [7, 11) is 0. The normalized spacial score (nSPS) is 14.0. The van der Waals surface area contributed by atoms with Crippen molar-refractivity contribution in [2.45, 2.75) is 78.2 Å². The summed E-state index contributed by atoms with van der Waals surface area (Å²) in [6, 6.07) is 2.77. The molecule has 1 aliphatic rings. The van der Waals surface area contributed by atoms with Crippen LogP contribution in [-0.4, -0.2) is 52.6 Å². The van der Waals surface area contributed by atoms with Gasteiger partial charge in [0.1, 0.15) is 11.4 Å². The highest BCUT2D eigenvalue weighted by Crippen LogP contribution is 2.26. The second-order valence-electron chi connectivity index (χ2n) is 9.38. The maximum atomic E-state index is 15.0. The van der Waals surface area contributed by atoms with Crippen LogP contribution in [-0.2, 0) is 11.3 Å². The highest BCUT2D eigenvalue weighted by molar-refractivity contribution is 5.93. The average molecular weight is 488 g/mol. The van der Waals surface area contributed by atoms with Gasteiger partial charge in [0, 0.05) is 50.7 Å². The van der Waals surface area contributed by atoms with Crippen molar-refractivity contribution >= 4 is 28.5 Å². The largest absolute Gasteiger partial charge is 0.477 e. The molecule has 0 bridgehead atoms. The maximum Gasteiger partial charge on any atom is 0.341 e. The van der Waals surface area contributed by atoms with Gasteiger partial charge in [-0.15, -0.1) is 0 Å². The van der Waals surface area contributed by atoms with Gasteiger partial charge in [-0.25, -0.2) is 9.18 Å². The third-order valence-corrected chi connectivity index (χ3v) is 6.94. The Balaban J connectivity index is 1.58. The molecule has 2 aromatic rings. The van der Waals surface area contributed by atoms with E-state index in [0.29, 0.717) is 50.3 Å². The highest BCUT2D eigenvalue weighted by atomic mass is 19.1. The van der Waals surface area contributed by atoms with Crippen LogP contribution in [0.25, 0.3) is 10.9 Å². The predicted octanol–water partition coefficient (Wildman–Crippen LogP) is 5.04. The van der Waals surface area contributed by atoms with Gasteiger partial charge in [-0.3, -0.25) is 9.59 Å². The standard InChI is InChI=1S/C27H38FN3O4/c1-3-5-6-7-8-9-10-11-12-25(32)31-15-13-30(14-16-31)24-18-23-20(17-22(24)28)26(33)21(27(34)35)19-29(23)4-2/h17-19H,3-16H2,1-2H3,(H,34,35). The fraction of sp³-hybridized carbons (Fsp3) is 0.593. The second-order valence-corrected chi connectivity index (χ2v) is 9.38. The molecule has 0 aliphatic carbocycles. The molecular formula is C27H38FN3O4. The third kappa shape index (κ3) is 6.61. The molecular weight excluding hydrogens is 449 g/mol. The Hall–Kier alpha value is -2.90. The Bertz CT molecular complexity index is 1090. The van der Waals surface area contributed by atoms with Gasteiger partial charge in [-0.2, -0.15) is 0 Å². The van der Waals surface area contributed by atoms with Crippen molar-refractivity contribution in [3.8, 4) is 0 Å². The summed E-state index contributed by atoms with van der Waals surface area (Å²) in [5, 5.41) is 9.38. The van der Waals surface area contributed by atoms with E-state index in [0.717, 1.165) is 18.9 Å². The van der Waals surface area contributed by atoms with Gasteiger partial charge in [0.05, 0.1) is 11.2 Å². The predicted molar refractivity (Wildman–Crippen MR) is 137 cm³/mol. The molecule has 0 atom stereocenters. The van der Waals surface area contributed by atoms with Gasteiger partial charge < -0.3 is 19.5 Å². The van der Waals surface area contributed by atoms with Crippen molar-refractivity contribution in [2.24, 2.45) is 0 Å². The first kappa shape index (κ1) is 26.7. The Kier molecular flexibility index (Phi) is 9.69. The number of aryl methyl sites for hydroxylation is 1.